The van der Waals surface area contributed by atoms with Gasteiger partial charge in [0.2, 0.25) is 10.0 Å². The standard InChI is InChI=1S/C20H32F2N2.C20H34N2.C18H29N.C17H29N3O2S.C17H27N.C16H23F2N.C15H25NO2S.3CH4/c1-20(2,3)16-12-14(7-4-5-10-23)11-15(13-16)18(19(21)22)24-17-8-6-9-17;1-15(22-19-9-7-10-19)17-12-16(8-5-6-11-21)13-18(14-17)20(2,3)4;1-18(2,3)17-12-14(7-4-5-10-19)11-16(13-17)15-8-6-9-15;1-17(2,3)14-8-13(6-4-5-7-18)9-16(10-14)23(21,22)20-15-11-19-12-15;1-17(2,3)16-11-13(6-4-5-9-18)10-15(12-16)14-7-8-14;1-16(2,3)14-9-12(6-4-5-7-19)8-13(10-14)11-15(17)18;1-15(2,3)13-9-12(7-5-6-8-16)10-14(11-13)19(4,17)18;;;/h11-13,17-19,24H,4-10,23H2,1-3H3;12-15,19,22H,5-11,21H2,1-4H3;11-13,15H,4-10,19H2,1-3H3;8-10,15,19-20H,4-7,11-12,18H2,1-3H3;10-12,14H,4-9,18H2,1-3H3;8-11H,4-7,19H2,1-3H3;9-11H,5-8,16H2,1-4H3;3*1H4. The van der Waals surface area contributed by atoms with Gasteiger partial charge in [0.25, 0.3) is 12.5 Å². The molecule has 1 saturated heterocycles. The summed E-state index contributed by atoms with van der Waals surface area (Å²) >= 11 is 0. The largest absolute Gasteiger partial charge is 0.330 e. The zero-order valence-corrected chi connectivity index (χ0v) is 95.4. The first kappa shape index (κ1) is 135. The molecular formula is C126H211F4N11O4S2. The molecule has 0 aromatic heterocycles. The maximum absolute atomic E-state index is 13.7. The number of rotatable bonds is 42. The Balaban J connectivity index is 0.000000440. The van der Waals surface area contributed by atoms with E-state index < -0.39 is 38.4 Å². The maximum atomic E-state index is 13.7. The lowest BCUT2D eigenvalue weighted by Gasteiger charge is -2.32. The minimum atomic E-state index is -3.47. The highest BCUT2D eigenvalue weighted by Gasteiger charge is 2.34. The summed E-state index contributed by atoms with van der Waals surface area (Å²) in [6, 6.07) is 45.7. The monoisotopic (exact) mass is 2080 g/mol. The molecule has 2 unspecified atom stereocenters. The third-order valence-corrected chi connectivity index (χ3v) is 31.1. The fraction of sp³-hybridized carbons (Fsp3) is 0.651. The molecule has 4 saturated carbocycles. The number of alkyl halides is 2. The van der Waals surface area contributed by atoms with Crippen LogP contribution in [-0.4, -0.2) is 107 Å². The Kier molecular flexibility index (Phi) is 58.6. The first-order valence-electron chi connectivity index (χ1n) is 55.1. The molecule has 0 radical (unpaired) electrons. The molecule has 0 amide bonds. The molecule has 2 atom stereocenters. The molecule has 1 aliphatic heterocycles. The number of aryl methyl sites for hydroxylation is 7. The fourth-order valence-corrected chi connectivity index (χ4v) is 19.8. The number of benzene rings is 7. The van der Waals surface area contributed by atoms with E-state index in [1.165, 1.54) is 129 Å². The Morgan fingerprint density at radius 1 is 0.340 bits per heavy atom. The third kappa shape index (κ3) is 49.6. The van der Waals surface area contributed by atoms with Crippen molar-refractivity contribution in [2.24, 2.45) is 40.1 Å². The topological polar surface area (TPSA) is 299 Å². The maximum Gasteiger partial charge on any atom is 0.270 e. The molecule has 21 heteroatoms. The normalized spacial score (nSPS) is 15.1. The van der Waals surface area contributed by atoms with Crippen molar-refractivity contribution in [2.45, 2.75) is 476 Å². The predicted octanol–water partition coefficient (Wildman–Crippen LogP) is 28.5. The molecular weight excluding hydrogens is 1870 g/mol. The number of hydrogen-bond acceptors (Lipinski definition) is 14. The lowest BCUT2D eigenvalue weighted by Crippen LogP contribution is -2.56. The number of nitrogens with two attached hydrogens (primary N) is 7. The van der Waals surface area contributed by atoms with E-state index in [0.717, 1.165) is 216 Å². The highest BCUT2D eigenvalue weighted by Crippen LogP contribution is 2.44. The number of sulfone groups is 1. The van der Waals surface area contributed by atoms with Gasteiger partial charge in [-0.25, -0.2) is 30.3 Å². The number of hydrogen-bond donors (Lipinski definition) is 11. The van der Waals surface area contributed by atoms with Crippen LogP contribution in [0.3, 0.4) is 0 Å². The van der Waals surface area contributed by atoms with E-state index in [4.69, 9.17) is 40.1 Å². The van der Waals surface area contributed by atoms with E-state index in [-0.39, 0.29) is 72.3 Å². The van der Waals surface area contributed by atoms with E-state index in [0.29, 0.717) is 60.7 Å². The van der Waals surface area contributed by atoms with Crippen molar-refractivity contribution in [3.63, 3.8) is 0 Å². The number of unbranched alkanes of at least 4 members (excludes halogenated alkanes) is 7. The summed E-state index contributed by atoms with van der Waals surface area (Å²) < 4.78 is 104. The minimum Gasteiger partial charge on any atom is -0.330 e. The molecule has 0 spiro atoms. The van der Waals surface area contributed by atoms with Crippen LogP contribution in [0.4, 0.5) is 17.6 Å². The summed E-state index contributed by atoms with van der Waals surface area (Å²) in [6.07, 6.45) is 34.2. The van der Waals surface area contributed by atoms with Gasteiger partial charge in [0, 0.05) is 49.6 Å². The molecule has 4 aliphatic carbocycles. The summed E-state index contributed by atoms with van der Waals surface area (Å²) in [6.45, 7) is 54.9. The Labute approximate surface area is 895 Å². The van der Waals surface area contributed by atoms with Crippen LogP contribution < -0.4 is 60.8 Å². The van der Waals surface area contributed by atoms with Crippen LogP contribution in [0.25, 0.3) is 6.08 Å². The molecule has 15 nitrogen and oxygen atoms in total. The van der Waals surface area contributed by atoms with Gasteiger partial charge < -0.3 is 56.1 Å². The molecule has 7 aromatic carbocycles. The lowest BCUT2D eigenvalue weighted by molar-refractivity contribution is 0.0840. The fourth-order valence-electron chi connectivity index (χ4n) is 17.7. The minimum absolute atomic E-state index is 0. The number of halogens is 4. The molecule has 5 aliphatic rings. The summed E-state index contributed by atoms with van der Waals surface area (Å²) in [5.74, 6) is 1.68. The summed E-state index contributed by atoms with van der Waals surface area (Å²) in [5.41, 5.74) is 63.0. The van der Waals surface area contributed by atoms with Crippen LogP contribution in [0.5, 0.6) is 0 Å². The van der Waals surface area contributed by atoms with Crippen LogP contribution in [0, 0.1) is 0 Å². The molecule has 147 heavy (non-hydrogen) atoms. The molecule has 7 aromatic rings. The van der Waals surface area contributed by atoms with Gasteiger partial charge in [0.05, 0.1) is 15.8 Å². The van der Waals surface area contributed by atoms with Crippen LogP contribution >= 0.6 is 0 Å². The molecule has 12 rings (SSSR count). The highest BCUT2D eigenvalue weighted by molar-refractivity contribution is 7.90. The zero-order chi connectivity index (χ0) is 107. The van der Waals surface area contributed by atoms with Gasteiger partial charge in [-0.15, -0.1) is 0 Å². The van der Waals surface area contributed by atoms with Crippen LogP contribution in [-0.2, 0) is 103 Å². The van der Waals surface area contributed by atoms with Crippen LogP contribution in [0.1, 0.15) is 465 Å². The average Bonchev–Trinajstić information content (AvgIpc) is 1.61. The van der Waals surface area contributed by atoms with Crippen molar-refractivity contribution in [3.05, 3.63) is 239 Å². The van der Waals surface area contributed by atoms with E-state index in [9.17, 15) is 34.4 Å². The molecule has 834 valence electrons. The highest BCUT2D eigenvalue weighted by atomic mass is 32.2. The Bertz CT molecular complexity index is 5220. The van der Waals surface area contributed by atoms with Gasteiger partial charge in [0.15, 0.2) is 9.84 Å². The molecule has 5 fully saturated rings. The summed E-state index contributed by atoms with van der Waals surface area (Å²) in [7, 11) is -6.63. The Hall–Kier alpha value is -6.54. The number of nitrogens with one attached hydrogen (secondary N) is 4. The van der Waals surface area contributed by atoms with E-state index in [1.807, 2.05) is 24.3 Å². The van der Waals surface area contributed by atoms with E-state index in [2.05, 4.69) is 252 Å². The van der Waals surface area contributed by atoms with Gasteiger partial charge in [-0.3, -0.25) is 0 Å². The average molecular weight is 2080 g/mol. The van der Waals surface area contributed by atoms with Crippen molar-refractivity contribution < 1.29 is 34.4 Å². The van der Waals surface area contributed by atoms with Gasteiger partial charge in [-0.1, -0.05) is 290 Å². The van der Waals surface area contributed by atoms with Gasteiger partial charge in [-0.05, 0) is 419 Å². The Morgan fingerprint density at radius 3 is 0.905 bits per heavy atom. The zero-order valence-electron chi connectivity index (χ0n) is 93.8. The predicted molar refractivity (Wildman–Crippen MR) is 628 cm³/mol. The van der Waals surface area contributed by atoms with Gasteiger partial charge in [0.1, 0.15) is 0 Å². The van der Waals surface area contributed by atoms with Crippen molar-refractivity contribution in [1.82, 2.24) is 20.7 Å². The van der Waals surface area contributed by atoms with E-state index >= 15 is 0 Å². The first-order valence-corrected chi connectivity index (χ1v) is 58.5. The smallest absolute Gasteiger partial charge is 0.270 e. The number of sulfonamides is 1. The van der Waals surface area contributed by atoms with Crippen molar-refractivity contribution in [1.29, 1.82) is 0 Å². The molecule has 1 heterocycles. The summed E-state index contributed by atoms with van der Waals surface area (Å²) in [4.78, 5) is 0.794. The lowest BCUT2D eigenvalue weighted by atomic mass is 9.76. The second-order valence-corrected chi connectivity index (χ2v) is 53.0. The second-order valence-electron chi connectivity index (χ2n) is 49.2. The quantitative estimate of drug-likeness (QED) is 0.0125. The second kappa shape index (κ2) is 64.0. The van der Waals surface area contributed by atoms with Gasteiger partial charge in [-0.2, -0.15) is 8.78 Å². The van der Waals surface area contributed by atoms with Crippen molar-refractivity contribution >= 4 is 25.9 Å². The SMILES string of the molecule is C.C.C.CC(C)(C)c1cc(C=C(F)F)cc(CCCCN)c1.CC(C)(C)c1cc(CCCCN)cc(C(NC2CCC2)C(F)F)c1.CC(C)(C)c1cc(CCCCN)cc(C2CC2)c1.CC(C)(C)c1cc(CCCCN)cc(C2CCC2)c1.CC(C)(C)c1cc(CCCCN)cc(S(=O)(=O)NC2CNC2)c1.CC(C)(C)c1cc(CCCCN)cc(S(C)(=O)=O)c1.CC(NC1CCC1)c1cc(CCCCN)cc(C(C)(C)C)c1. The van der Waals surface area contributed by atoms with Crippen LogP contribution in [0.15, 0.2) is 143 Å². The van der Waals surface area contributed by atoms with Crippen LogP contribution in [0.2, 0.25) is 0 Å². The first-order chi connectivity index (χ1) is 67.4. The Morgan fingerprint density at radius 2 is 0.619 bits per heavy atom. The summed E-state index contributed by atoms with van der Waals surface area (Å²) in [5, 5.41) is 10.0. The van der Waals surface area contributed by atoms with Crippen molar-refractivity contribution in [3.8, 4) is 0 Å². The van der Waals surface area contributed by atoms with E-state index in [1.54, 1.807) is 35.4 Å². The van der Waals surface area contributed by atoms with Crippen molar-refractivity contribution in [2.75, 3.05) is 65.2 Å². The molecule has 18 N–H and O–H groups in total. The van der Waals surface area contributed by atoms with Gasteiger partial charge >= 0.3 is 0 Å². The third-order valence-electron chi connectivity index (χ3n) is 28.5. The molecule has 0 bridgehead atoms.